The number of rotatable bonds is 7. The van der Waals surface area contributed by atoms with E-state index in [0.29, 0.717) is 10.7 Å². The second kappa shape index (κ2) is 9.58. The molecule has 0 heterocycles. The van der Waals surface area contributed by atoms with Gasteiger partial charge in [0.2, 0.25) is 15.9 Å². The first-order valence-corrected chi connectivity index (χ1v) is 12.3. The molecule has 1 N–H and O–H groups in total. The fourth-order valence-corrected chi connectivity index (χ4v) is 5.02. The fourth-order valence-electron chi connectivity index (χ4n) is 3.52. The van der Waals surface area contributed by atoms with Crippen LogP contribution in [-0.2, 0) is 14.8 Å². The lowest BCUT2D eigenvalue weighted by atomic mass is 9.96. The average Bonchev–Trinajstić information content (AvgIpc) is 2.63. The topological polar surface area (TPSA) is 66.5 Å². The van der Waals surface area contributed by atoms with Crippen molar-refractivity contribution >= 4 is 44.8 Å². The van der Waals surface area contributed by atoms with E-state index in [9.17, 15) is 13.2 Å². The van der Waals surface area contributed by atoms with Crippen molar-refractivity contribution in [2.24, 2.45) is 0 Å². The van der Waals surface area contributed by atoms with Gasteiger partial charge >= 0.3 is 0 Å². The highest BCUT2D eigenvalue weighted by Gasteiger charge is 2.32. The summed E-state index contributed by atoms with van der Waals surface area (Å²) < 4.78 is 26.3. The summed E-state index contributed by atoms with van der Waals surface area (Å²) in [6, 6.07) is 7.46. The maximum atomic E-state index is 13.2. The molecule has 2 rings (SSSR count). The predicted molar refractivity (Wildman–Crippen MR) is 125 cm³/mol. The second-order valence-corrected chi connectivity index (χ2v) is 10.3. The molecule has 2 aromatic carbocycles. The molecule has 0 radical (unpaired) electrons. The monoisotopic (exact) mass is 470 g/mol. The van der Waals surface area contributed by atoms with Gasteiger partial charge in [-0.1, -0.05) is 42.3 Å². The van der Waals surface area contributed by atoms with Crippen molar-refractivity contribution in [2.75, 3.05) is 10.6 Å². The Hall–Kier alpha value is -1.76. The average molecular weight is 471 g/mol. The molecule has 0 saturated carbocycles. The van der Waals surface area contributed by atoms with Crippen LogP contribution in [0.3, 0.4) is 0 Å². The van der Waals surface area contributed by atoms with Crippen LogP contribution >= 0.6 is 23.2 Å². The van der Waals surface area contributed by atoms with Gasteiger partial charge in [0.1, 0.15) is 6.04 Å². The zero-order chi connectivity index (χ0) is 22.8. The normalized spacial score (nSPS) is 13.6. The molecular formula is C22H28Cl2N2O3S. The van der Waals surface area contributed by atoms with Gasteiger partial charge in [0.25, 0.3) is 0 Å². The predicted octanol–water partition coefficient (Wildman–Crippen LogP) is 5.34. The summed E-state index contributed by atoms with van der Waals surface area (Å²) in [7, 11) is -3.75. The molecule has 0 aliphatic heterocycles. The highest BCUT2D eigenvalue weighted by molar-refractivity contribution is 7.92. The van der Waals surface area contributed by atoms with Crippen LogP contribution in [0, 0.1) is 20.8 Å². The van der Waals surface area contributed by atoms with E-state index in [1.807, 2.05) is 27.7 Å². The smallest absolute Gasteiger partial charge is 0.244 e. The molecule has 2 aromatic rings. The van der Waals surface area contributed by atoms with E-state index < -0.39 is 16.1 Å². The molecule has 8 heteroatoms. The summed E-state index contributed by atoms with van der Waals surface area (Å²) in [5.41, 5.74) is 4.69. The Morgan fingerprint density at radius 3 is 2.17 bits per heavy atom. The molecule has 30 heavy (non-hydrogen) atoms. The van der Waals surface area contributed by atoms with Crippen LogP contribution in [0.5, 0.6) is 0 Å². The molecule has 1 amide bonds. The van der Waals surface area contributed by atoms with E-state index >= 15 is 0 Å². The number of benzene rings is 2. The lowest BCUT2D eigenvalue weighted by Gasteiger charge is -2.31. The lowest BCUT2D eigenvalue weighted by Crippen LogP contribution is -2.49. The van der Waals surface area contributed by atoms with Crippen molar-refractivity contribution in [3.63, 3.8) is 0 Å². The molecule has 0 aliphatic rings. The number of nitrogens with zero attached hydrogens (tertiary/aromatic N) is 1. The van der Waals surface area contributed by atoms with Crippen molar-refractivity contribution in [3.05, 3.63) is 62.6 Å². The van der Waals surface area contributed by atoms with Gasteiger partial charge < -0.3 is 5.32 Å². The summed E-state index contributed by atoms with van der Waals surface area (Å²) in [5, 5.41) is 3.51. The third-order valence-electron chi connectivity index (χ3n) is 5.20. The minimum absolute atomic E-state index is 0.220. The largest absolute Gasteiger partial charge is 0.348 e. The second-order valence-electron chi connectivity index (χ2n) is 7.60. The molecule has 0 spiro atoms. The standard InChI is InChI=1S/C22H28Cl2N2O3S/c1-7-21(26(30(6,28)29)17-8-9-19(23)20(24)12-17)22(27)25-16(5)18-11-14(3)13(2)10-15(18)4/h8-12,16,21H,7H2,1-6H3,(H,25,27)/t16-,21-/m1/s1. The van der Waals surface area contributed by atoms with Crippen LogP contribution in [0.1, 0.15) is 48.6 Å². The number of hydrogen-bond donors (Lipinski definition) is 1. The van der Waals surface area contributed by atoms with Crippen LogP contribution in [0.25, 0.3) is 0 Å². The van der Waals surface area contributed by atoms with Crippen molar-refractivity contribution in [1.29, 1.82) is 0 Å². The molecule has 5 nitrogen and oxygen atoms in total. The number of aryl methyl sites for hydroxylation is 3. The van der Waals surface area contributed by atoms with E-state index in [0.717, 1.165) is 27.3 Å². The van der Waals surface area contributed by atoms with Gasteiger partial charge in [0.05, 0.1) is 28.0 Å². The number of sulfonamides is 1. The van der Waals surface area contributed by atoms with Crippen molar-refractivity contribution < 1.29 is 13.2 Å². The maximum Gasteiger partial charge on any atom is 0.244 e. The molecular weight excluding hydrogens is 443 g/mol. The zero-order valence-corrected chi connectivity index (χ0v) is 20.4. The van der Waals surface area contributed by atoms with Crippen molar-refractivity contribution in [3.8, 4) is 0 Å². The Bertz CT molecular complexity index is 1050. The van der Waals surface area contributed by atoms with Crippen molar-refractivity contribution in [1.82, 2.24) is 5.32 Å². The Morgan fingerprint density at radius 1 is 1.03 bits per heavy atom. The molecule has 164 valence electrons. The van der Waals surface area contributed by atoms with Gasteiger partial charge in [-0.3, -0.25) is 9.10 Å². The first-order chi connectivity index (χ1) is 13.9. The molecule has 0 aliphatic carbocycles. The highest BCUT2D eigenvalue weighted by Crippen LogP contribution is 2.30. The highest BCUT2D eigenvalue weighted by atomic mass is 35.5. The van der Waals surface area contributed by atoms with Gasteiger partial charge in [-0.25, -0.2) is 8.42 Å². The van der Waals surface area contributed by atoms with E-state index in [-0.39, 0.29) is 23.4 Å². The quantitative estimate of drug-likeness (QED) is 0.593. The van der Waals surface area contributed by atoms with Crippen LogP contribution in [0.15, 0.2) is 30.3 Å². The van der Waals surface area contributed by atoms with Gasteiger partial charge in [-0.05, 0) is 74.6 Å². The third kappa shape index (κ3) is 5.48. The van der Waals surface area contributed by atoms with Gasteiger partial charge in [0, 0.05) is 0 Å². The first-order valence-electron chi connectivity index (χ1n) is 9.69. The number of halogens is 2. The number of carbonyl (C=O) groups is 1. The minimum Gasteiger partial charge on any atom is -0.348 e. The van der Waals surface area contributed by atoms with E-state index in [1.165, 1.54) is 17.7 Å². The maximum absolute atomic E-state index is 13.2. The Labute approximate surface area is 189 Å². The summed E-state index contributed by atoms with van der Waals surface area (Å²) in [5.74, 6) is -0.376. The lowest BCUT2D eigenvalue weighted by molar-refractivity contribution is -0.122. The van der Waals surface area contributed by atoms with Gasteiger partial charge in [-0.15, -0.1) is 0 Å². The number of nitrogens with one attached hydrogen (secondary N) is 1. The molecule has 0 saturated heterocycles. The number of amides is 1. The zero-order valence-electron chi connectivity index (χ0n) is 18.1. The van der Waals surface area contributed by atoms with E-state index in [2.05, 4.69) is 17.4 Å². The van der Waals surface area contributed by atoms with Crippen LogP contribution in [0.4, 0.5) is 5.69 Å². The van der Waals surface area contributed by atoms with Gasteiger partial charge in [-0.2, -0.15) is 0 Å². The number of hydrogen-bond acceptors (Lipinski definition) is 3. The summed E-state index contributed by atoms with van der Waals surface area (Å²) in [6.45, 7) is 9.73. The van der Waals surface area contributed by atoms with Crippen LogP contribution in [0.2, 0.25) is 10.0 Å². The molecule has 0 aromatic heterocycles. The van der Waals surface area contributed by atoms with Gasteiger partial charge in [0.15, 0.2) is 0 Å². The van der Waals surface area contributed by atoms with E-state index in [4.69, 9.17) is 23.2 Å². The Kier molecular flexibility index (Phi) is 7.83. The summed E-state index contributed by atoms with van der Waals surface area (Å²) in [6.07, 6.45) is 1.36. The van der Waals surface area contributed by atoms with Crippen LogP contribution < -0.4 is 9.62 Å². The molecule has 0 fully saturated rings. The summed E-state index contributed by atoms with van der Waals surface area (Å²) >= 11 is 12.1. The molecule has 2 atom stereocenters. The minimum atomic E-state index is -3.75. The molecule has 0 bridgehead atoms. The number of anilines is 1. The first kappa shape index (κ1) is 24.5. The number of carbonyl (C=O) groups excluding carboxylic acids is 1. The SMILES string of the molecule is CC[C@H](C(=O)N[C@H](C)c1cc(C)c(C)cc1C)N(c1ccc(Cl)c(Cl)c1)S(C)(=O)=O. The molecule has 0 unspecified atom stereocenters. The van der Waals surface area contributed by atoms with E-state index in [1.54, 1.807) is 13.0 Å². The summed E-state index contributed by atoms with van der Waals surface area (Å²) in [4.78, 5) is 13.2. The Balaban J connectivity index is 2.38. The third-order valence-corrected chi connectivity index (χ3v) is 7.11. The van der Waals surface area contributed by atoms with Crippen molar-refractivity contribution in [2.45, 2.75) is 53.1 Å². The Morgan fingerprint density at radius 2 is 1.63 bits per heavy atom. The van der Waals surface area contributed by atoms with Crippen LogP contribution in [-0.4, -0.2) is 26.6 Å². The fraction of sp³-hybridized carbons (Fsp3) is 0.409.